The zero-order valence-electron chi connectivity index (χ0n) is 5.66. The summed E-state index contributed by atoms with van der Waals surface area (Å²) < 4.78 is 37.1. The number of rotatable bonds is 6. The lowest BCUT2D eigenvalue weighted by Gasteiger charge is -2.06. The predicted molar refractivity (Wildman–Crippen MR) is 34.6 cm³/mol. The van der Waals surface area contributed by atoms with Crippen molar-refractivity contribution >= 4 is 19.7 Å². The molecule has 0 saturated heterocycles. The maximum Gasteiger partial charge on any atom is 0.522 e. The highest BCUT2D eigenvalue weighted by Gasteiger charge is 2.27. The zero-order chi connectivity index (χ0) is 8.74. The van der Waals surface area contributed by atoms with Crippen molar-refractivity contribution < 1.29 is 27.2 Å². The van der Waals surface area contributed by atoms with Gasteiger partial charge in [-0.1, -0.05) is 4.73 Å². The van der Waals surface area contributed by atoms with Gasteiger partial charge >= 0.3 is 7.82 Å². The monoisotopic (exact) mass is 208 g/mol. The van der Waals surface area contributed by atoms with Crippen molar-refractivity contribution in [3.8, 4) is 0 Å². The smallest absolute Gasteiger partial charge is 0.382 e. The molecule has 1 unspecified atom stereocenters. The van der Waals surface area contributed by atoms with E-state index in [1.54, 1.807) is 0 Å². The van der Waals surface area contributed by atoms with Crippen LogP contribution in [0.5, 0.6) is 0 Å². The second-order valence-electron chi connectivity index (χ2n) is 1.41. The fourth-order valence-electron chi connectivity index (χ4n) is 0.283. The molecule has 0 N–H and O–H groups in total. The van der Waals surface area contributed by atoms with Crippen molar-refractivity contribution in [3.05, 3.63) is 0 Å². The van der Waals surface area contributed by atoms with Gasteiger partial charge in [0.15, 0.2) is 0 Å². The third kappa shape index (κ3) is 4.68. The van der Waals surface area contributed by atoms with Crippen LogP contribution in [-0.4, -0.2) is 20.3 Å². The average molecular weight is 209 g/mol. The van der Waals surface area contributed by atoms with Gasteiger partial charge in [0.05, 0.1) is 25.1 Å². The summed E-state index contributed by atoms with van der Waals surface area (Å²) in [6, 6.07) is 0. The highest BCUT2D eigenvalue weighted by molar-refractivity contribution is 7.49. The molecule has 0 aromatic carbocycles. The van der Waals surface area contributed by atoms with Crippen LogP contribution in [0.15, 0.2) is 0 Å². The Balaban J connectivity index is 3.61. The molecule has 0 rings (SSSR count). The van der Waals surface area contributed by atoms with Gasteiger partial charge < -0.3 is 4.74 Å². The van der Waals surface area contributed by atoms with Crippen LogP contribution in [0.3, 0.4) is 0 Å². The summed E-state index contributed by atoms with van der Waals surface area (Å²) in [6.45, 7) is -0.00197. The van der Waals surface area contributed by atoms with Crippen LogP contribution < -0.4 is 0 Å². The number of hydrogen-bond acceptors (Lipinski definition) is 5. The van der Waals surface area contributed by atoms with E-state index >= 15 is 0 Å². The van der Waals surface area contributed by atoms with Gasteiger partial charge in [-0.25, -0.2) is 4.57 Å². The van der Waals surface area contributed by atoms with Crippen molar-refractivity contribution in [2.24, 2.45) is 0 Å². The van der Waals surface area contributed by atoms with Crippen LogP contribution in [0.1, 0.15) is 0 Å². The average Bonchev–Trinajstić information content (AvgIpc) is 2.05. The fourth-order valence-corrected chi connectivity index (χ4v) is 0.865. The summed E-state index contributed by atoms with van der Waals surface area (Å²) in [6.07, 6.45) is 0. The van der Waals surface area contributed by atoms with Gasteiger partial charge in [0.1, 0.15) is 0 Å². The fraction of sp³-hybridized carbons (Fsp3) is 1.00. The van der Waals surface area contributed by atoms with Gasteiger partial charge in [-0.2, -0.15) is 4.08 Å². The maximum atomic E-state index is 11.3. The molecular weight excluding hydrogens is 201 g/mol. The molecule has 0 aliphatic carbocycles. The summed E-state index contributed by atoms with van der Waals surface area (Å²) in [5.74, 6) is 0. The van der Waals surface area contributed by atoms with Crippen LogP contribution in [0.2, 0.25) is 0 Å². The lowest BCUT2D eigenvalue weighted by Crippen LogP contribution is -2.00. The molecule has 0 aromatic heterocycles. The van der Waals surface area contributed by atoms with E-state index in [1.807, 2.05) is 0 Å². The molecule has 1 atom stereocenters. The van der Waals surface area contributed by atoms with Crippen molar-refractivity contribution in [3.63, 3.8) is 0 Å². The molecule has 68 valence electrons. The van der Waals surface area contributed by atoms with E-state index in [4.69, 9.17) is 0 Å². The Morgan fingerprint density at radius 3 is 2.55 bits per heavy atom. The number of hydrogen-bond donors (Lipinski definition) is 0. The molecular formula is C3H7ClFO5P. The lowest BCUT2D eigenvalue weighted by molar-refractivity contribution is -0.0470. The van der Waals surface area contributed by atoms with E-state index < -0.39 is 7.82 Å². The largest absolute Gasteiger partial charge is 0.522 e. The highest BCUT2D eigenvalue weighted by atomic mass is 35.5. The molecule has 0 heterocycles. The number of ether oxygens (including phenoxy) is 1. The molecule has 0 aliphatic heterocycles. The van der Waals surface area contributed by atoms with E-state index in [1.165, 1.54) is 7.11 Å². The molecule has 0 fully saturated rings. The van der Waals surface area contributed by atoms with Gasteiger partial charge in [0.25, 0.3) is 0 Å². The minimum absolute atomic E-state index is 0.133. The Hall–Kier alpha value is 0.290. The first-order valence-corrected chi connectivity index (χ1v) is 4.29. The molecule has 8 heteroatoms. The molecule has 0 amide bonds. The molecule has 11 heavy (non-hydrogen) atoms. The van der Waals surface area contributed by atoms with Crippen molar-refractivity contribution in [2.45, 2.75) is 0 Å². The van der Waals surface area contributed by atoms with Crippen LogP contribution in [0, 0.1) is 0 Å². The minimum Gasteiger partial charge on any atom is -0.382 e. The van der Waals surface area contributed by atoms with E-state index in [2.05, 4.69) is 29.9 Å². The van der Waals surface area contributed by atoms with Crippen molar-refractivity contribution in [1.29, 1.82) is 0 Å². The quantitative estimate of drug-likeness (QED) is 0.492. The minimum atomic E-state index is -4.19. The Morgan fingerprint density at radius 2 is 2.18 bits per heavy atom. The van der Waals surface area contributed by atoms with Crippen molar-refractivity contribution in [2.75, 3.05) is 20.3 Å². The van der Waals surface area contributed by atoms with Gasteiger partial charge in [-0.3, -0.25) is 4.52 Å². The third-order valence-corrected chi connectivity index (χ3v) is 2.05. The second-order valence-corrected chi connectivity index (χ2v) is 3.25. The predicted octanol–water partition coefficient (Wildman–Crippen LogP) is 1.83. The van der Waals surface area contributed by atoms with E-state index in [0.29, 0.717) is 0 Å². The summed E-state index contributed by atoms with van der Waals surface area (Å²) >= 11 is 4.59. The Bertz CT molecular complexity index is 136. The van der Waals surface area contributed by atoms with Crippen LogP contribution in [-0.2, 0) is 22.6 Å². The van der Waals surface area contributed by atoms with Gasteiger partial charge in [0, 0.05) is 7.11 Å². The maximum absolute atomic E-state index is 11.3. The molecule has 5 nitrogen and oxygen atoms in total. The summed E-state index contributed by atoms with van der Waals surface area (Å²) in [5, 5.41) is 0. The second kappa shape index (κ2) is 5.88. The highest BCUT2D eigenvalue weighted by Crippen LogP contribution is 2.50. The Labute approximate surface area is 68.0 Å². The molecule has 0 aromatic rings. The van der Waals surface area contributed by atoms with Crippen LogP contribution >= 0.6 is 19.7 Å². The summed E-state index contributed by atoms with van der Waals surface area (Å²) in [5.41, 5.74) is 0. The number of phosphoric acid groups is 1. The third-order valence-electron chi connectivity index (χ3n) is 0.706. The summed E-state index contributed by atoms with van der Waals surface area (Å²) in [7, 11) is -2.80. The Kier molecular flexibility index (Phi) is 6.03. The Morgan fingerprint density at radius 1 is 1.55 bits per heavy atom. The number of methoxy groups -OCH3 is 1. The van der Waals surface area contributed by atoms with Gasteiger partial charge in [-0.05, 0) is 4.53 Å². The first-order valence-electron chi connectivity index (χ1n) is 2.52. The molecule has 0 saturated carbocycles. The zero-order valence-corrected chi connectivity index (χ0v) is 7.31. The SMILES string of the molecule is COCCOP(=O)(OF)OCl. The standard InChI is InChI=1S/C3H7ClFO5P/c1-7-2-3-8-11(6,9-4)10-5/h2-3H2,1H3. The topological polar surface area (TPSA) is 54.0 Å². The summed E-state index contributed by atoms with van der Waals surface area (Å²) in [4.78, 5) is 0. The van der Waals surface area contributed by atoms with Gasteiger partial charge in [-0.15, -0.1) is 0 Å². The van der Waals surface area contributed by atoms with Gasteiger partial charge in [0.2, 0.25) is 0 Å². The van der Waals surface area contributed by atoms with E-state index in [0.717, 1.165) is 0 Å². The van der Waals surface area contributed by atoms with Crippen LogP contribution in [0.4, 0.5) is 4.53 Å². The molecule has 0 spiro atoms. The van der Waals surface area contributed by atoms with E-state index in [9.17, 15) is 9.09 Å². The molecule has 0 radical (unpaired) electrons. The number of halogens is 2. The molecule has 0 aliphatic rings. The normalized spacial score (nSPS) is 16.3. The lowest BCUT2D eigenvalue weighted by atomic mass is 10.8. The first-order chi connectivity index (χ1) is 5.18. The molecule has 0 bridgehead atoms. The van der Waals surface area contributed by atoms with Crippen LogP contribution in [0.25, 0.3) is 0 Å². The van der Waals surface area contributed by atoms with E-state index in [-0.39, 0.29) is 13.2 Å². The van der Waals surface area contributed by atoms with Crippen molar-refractivity contribution in [1.82, 2.24) is 0 Å². The first kappa shape index (κ1) is 11.3.